The number of rotatable bonds is 0. The first-order valence-electron chi connectivity index (χ1n) is 2.82. The molecule has 2 heterocycles. The molecule has 0 aliphatic carbocycles. The highest BCUT2D eigenvalue weighted by molar-refractivity contribution is 7.82. The topological polar surface area (TPSA) is 66.2 Å². The van der Waals surface area contributed by atoms with E-state index in [1.54, 1.807) is 0 Å². The molecule has 0 saturated carbocycles. The molecule has 0 spiro atoms. The zero-order valence-electron chi connectivity index (χ0n) is 5.24. The predicted molar refractivity (Wildman–Crippen MR) is 44.5 cm³/mol. The Morgan fingerprint density at radius 2 is 2.36 bits per heavy atom. The third-order valence-electron chi connectivity index (χ3n) is 1.22. The summed E-state index contributed by atoms with van der Waals surface area (Å²) in [4.78, 5) is 22.1. The number of carbonyl (C=O) groups excluding carboxylic acids is 1. The molecule has 2 rings (SSSR count). The average molecular weight is 166 g/mol. The summed E-state index contributed by atoms with van der Waals surface area (Å²) in [5.74, 6) is 0.304. The van der Waals surface area contributed by atoms with Crippen molar-refractivity contribution in [3.05, 3.63) is 0 Å². The fraction of sp³-hybridized carbons (Fsp3) is 0. The molecule has 1 N–H and O–H groups in total. The number of nitrogens with zero attached hydrogens (tertiary/aromatic N) is 3. The van der Waals surface area contributed by atoms with Crippen molar-refractivity contribution in [2.24, 2.45) is 15.0 Å². The van der Waals surface area contributed by atoms with Crippen molar-refractivity contribution in [3.8, 4) is 0 Å². The van der Waals surface area contributed by atoms with Gasteiger partial charge >= 0.3 is 6.03 Å². The number of thiocarbonyl (C=S) groups is 1. The number of hydrogen-bond donors (Lipinski definition) is 1. The molecule has 2 aliphatic rings. The zero-order chi connectivity index (χ0) is 7.84. The summed E-state index contributed by atoms with van der Waals surface area (Å²) < 4.78 is 0. The first kappa shape index (κ1) is 6.29. The number of nitrogens with one attached hydrogen (secondary N) is 1. The van der Waals surface area contributed by atoms with Crippen molar-refractivity contribution < 1.29 is 4.79 Å². The fourth-order valence-electron chi connectivity index (χ4n) is 0.783. The van der Waals surface area contributed by atoms with Gasteiger partial charge in [-0.3, -0.25) is 5.32 Å². The van der Waals surface area contributed by atoms with E-state index in [2.05, 4.69) is 20.3 Å². The molecule has 0 atom stereocenters. The minimum Gasteiger partial charge on any atom is -0.295 e. The van der Waals surface area contributed by atoms with Gasteiger partial charge in [-0.15, -0.1) is 0 Å². The van der Waals surface area contributed by atoms with Crippen LogP contribution in [0.5, 0.6) is 0 Å². The van der Waals surface area contributed by atoms with Gasteiger partial charge < -0.3 is 0 Å². The Morgan fingerprint density at radius 3 is 3.18 bits per heavy atom. The van der Waals surface area contributed by atoms with E-state index in [0.717, 1.165) is 0 Å². The van der Waals surface area contributed by atoms with E-state index in [9.17, 15) is 4.79 Å². The van der Waals surface area contributed by atoms with Crippen LogP contribution in [-0.2, 0) is 0 Å². The first-order valence-corrected chi connectivity index (χ1v) is 3.23. The average Bonchev–Trinajstić information content (AvgIpc) is 2.34. The lowest BCUT2D eigenvalue weighted by Gasteiger charge is -2.08. The second-order valence-corrected chi connectivity index (χ2v) is 2.33. The van der Waals surface area contributed by atoms with Crippen LogP contribution in [0, 0.1) is 0 Å². The van der Waals surface area contributed by atoms with E-state index in [4.69, 9.17) is 12.2 Å². The van der Waals surface area contributed by atoms with Crippen molar-refractivity contribution in [2.45, 2.75) is 0 Å². The van der Waals surface area contributed by atoms with E-state index >= 15 is 0 Å². The number of carbonyl (C=O) groups is 1. The number of urea groups is 1. The predicted octanol–water partition coefficient (Wildman–Crippen LogP) is -0.0816. The minimum atomic E-state index is -0.483. The van der Waals surface area contributed by atoms with Gasteiger partial charge in [0, 0.05) is 0 Å². The molecule has 0 aromatic rings. The maximum absolute atomic E-state index is 10.7. The minimum absolute atomic E-state index is 0.289. The van der Waals surface area contributed by atoms with E-state index in [1.807, 2.05) is 0 Å². The van der Waals surface area contributed by atoms with Crippen LogP contribution in [0.2, 0.25) is 0 Å². The van der Waals surface area contributed by atoms with Crippen molar-refractivity contribution in [1.82, 2.24) is 5.32 Å². The number of aliphatic imine (C=N–C) groups is 3. The fourth-order valence-corrected chi connectivity index (χ4v) is 1.01. The van der Waals surface area contributed by atoms with Gasteiger partial charge in [0.2, 0.25) is 0 Å². The third-order valence-corrected chi connectivity index (χ3v) is 1.52. The van der Waals surface area contributed by atoms with Crippen LogP contribution in [0.15, 0.2) is 15.0 Å². The molecule has 0 aromatic carbocycles. The normalized spacial score (nSPS) is 20.7. The van der Waals surface area contributed by atoms with Gasteiger partial charge in [-0.1, -0.05) is 12.2 Å². The summed E-state index contributed by atoms with van der Waals surface area (Å²) >= 11 is 4.80. The Balaban J connectivity index is 2.53. The monoisotopic (exact) mass is 166 g/mol. The van der Waals surface area contributed by atoms with Crippen molar-refractivity contribution in [2.75, 3.05) is 0 Å². The van der Waals surface area contributed by atoms with Gasteiger partial charge in [-0.05, 0) is 0 Å². The van der Waals surface area contributed by atoms with Gasteiger partial charge in [0.05, 0.1) is 0 Å². The summed E-state index contributed by atoms with van der Waals surface area (Å²) in [6, 6.07) is -0.483. The van der Waals surface area contributed by atoms with E-state index < -0.39 is 6.03 Å². The zero-order valence-corrected chi connectivity index (χ0v) is 6.05. The molecule has 54 valence electrons. The van der Waals surface area contributed by atoms with Crippen molar-refractivity contribution in [1.29, 1.82) is 0 Å². The molecular weight excluding hydrogens is 164 g/mol. The Kier molecular flexibility index (Phi) is 1.16. The third kappa shape index (κ3) is 0.874. The Hall–Kier alpha value is -1.43. The first-order chi connectivity index (χ1) is 5.27. The molecule has 6 heteroatoms. The standard InChI is InChI=1S/C5H2N4OS/c10-5-8-3-2(4(11)9-5)6-1-7-3/h1H,(H,9,10,11). The molecular formula is C5H2N4OS. The van der Waals surface area contributed by atoms with Gasteiger partial charge in [-0.25, -0.2) is 14.8 Å². The van der Waals surface area contributed by atoms with Crippen LogP contribution in [0.25, 0.3) is 0 Å². The lowest BCUT2D eigenvalue weighted by atomic mass is 10.3. The molecule has 0 saturated heterocycles. The van der Waals surface area contributed by atoms with E-state index in [-0.39, 0.29) is 4.99 Å². The number of hydrogen-bond acceptors (Lipinski definition) is 4. The summed E-state index contributed by atoms with van der Waals surface area (Å²) in [6.45, 7) is 0. The molecule has 5 nitrogen and oxygen atoms in total. The Labute approximate surface area is 66.9 Å². The maximum atomic E-state index is 10.7. The summed E-state index contributed by atoms with van der Waals surface area (Å²) in [7, 11) is 0. The van der Waals surface area contributed by atoms with Crippen LogP contribution >= 0.6 is 12.2 Å². The second kappa shape index (κ2) is 2.03. The molecule has 2 aliphatic heterocycles. The van der Waals surface area contributed by atoms with Gasteiger partial charge in [0.15, 0.2) is 5.84 Å². The maximum Gasteiger partial charge on any atom is 0.348 e. The SMILES string of the molecule is O=C1N=C2N=CN=C2C(=S)N1. The quantitative estimate of drug-likeness (QED) is 0.511. The number of fused-ring (bicyclic) bond motifs is 1. The van der Waals surface area contributed by atoms with Crippen LogP contribution in [-0.4, -0.2) is 28.9 Å². The van der Waals surface area contributed by atoms with Crippen LogP contribution in [0.4, 0.5) is 4.79 Å². The molecule has 0 fully saturated rings. The summed E-state index contributed by atoms with van der Waals surface area (Å²) in [5, 5.41) is 2.34. The Morgan fingerprint density at radius 1 is 1.55 bits per heavy atom. The molecule has 0 unspecified atom stereocenters. The summed E-state index contributed by atoms with van der Waals surface area (Å²) in [5.41, 5.74) is 0.472. The van der Waals surface area contributed by atoms with E-state index in [1.165, 1.54) is 6.34 Å². The lowest BCUT2D eigenvalue weighted by molar-refractivity contribution is 0.253. The van der Waals surface area contributed by atoms with E-state index in [0.29, 0.717) is 11.5 Å². The number of amidine groups is 1. The lowest BCUT2D eigenvalue weighted by Crippen LogP contribution is -2.40. The van der Waals surface area contributed by atoms with Crippen LogP contribution in [0.1, 0.15) is 0 Å². The molecule has 0 radical (unpaired) electrons. The van der Waals surface area contributed by atoms with Gasteiger partial charge in [0.25, 0.3) is 0 Å². The molecule has 0 aromatic heterocycles. The number of amides is 2. The largest absolute Gasteiger partial charge is 0.348 e. The van der Waals surface area contributed by atoms with Crippen molar-refractivity contribution in [3.63, 3.8) is 0 Å². The van der Waals surface area contributed by atoms with Crippen molar-refractivity contribution >= 4 is 41.1 Å². The summed E-state index contributed by atoms with van der Waals surface area (Å²) in [6.07, 6.45) is 1.32. The second-order valence-electron chi connectivity index (χ2n) is 1.92. The highest BCUT2D eigenvalue weighted by Crippen LogP contribution is 2.01. The Bertz CT molecular complexity index is 340. The van der Waals surface area contributed by atoms with Gasteiger partial charge in [0.1, 0.15) is 17.0 Å². The van der Waals surface area contributed by atoms with Gasteiger partial charge in [-0.2, -0.15) is 4.99 Å². The molecule has 2 amide bonds. The van der Waals surface area contributed by atoms with Crippen LogP contribution in [0.3, 0.4) is 0 Å². The molecule has 11 heavy (non-hydrogen) atoms. The smallest absolute Gasteiger partial charge is 0.295 e. The highest BCUT2D eigenvalue weighted by atomic mass is 32.1. The molecule has 0 bridgehead atoms. The van der Waals surface area contributed by atoms with Crippen LogP contribution < -0.4 is 5.32 Å². The highest BCUT2D eigenvalue weighted by Gasteiger charge is 2.24.